The number of rotatable bonds is 5. The Balaban J connectivity index is 0.00000289. The zero-order valence-electron chi connectivity index (χ0n) is 10.6. The third kappa shape index (κ3) is 4.84. The predicted octanol–water partition coefficient (Wildman–Crippen LogP) is 3.81. The highest BCUT2D eigenvalue weighted by atomic mass is 79.9. The molecule has 0 heterocycles. The van der Waals surface area contributed by atoms with E-state index in [-0.39, 0.29) is 18.2 Å². The Kier molecular flexibility index (Phi) is 8.03. The summed E-state index contributed by atoms with van der Waals surface area (Å²) in [4.78, 5) is 0. The van der Waals surface area contributed by atoms with Crippen molar-refractivity contribution in [1.29, 1.82) is 0 Å². The summed E-state index contributed by atoms with van der Waals surface area (Å²) in [6, 6.07) is 4.14. The molecule has 0 aromatic heterocycles. The van der Waals surface area contributed by atoms with Gasteiger partial charge in [-0.15, -0.1) is 12.4 Å². The fourth-order valence-corrected chi connectivity index (χ4v) is 2.20. The average molecular weight is 341 g/mol. The van der Waals surface area contributed by atoms with Gasteiger partial charge in [0.25, 0.3) is 0 Å². The quantitative estimate of drug-likeness (QED) is 0.856. The van der Waals surface area contributed by atoms with Crippen molar-refractivity contribution in [2.75, 3.05) is 0 Å². The molecule has 1 aromatic rings. The van der Waals surface area contributed by atoms with Gasteiger partial charge in [0.1, 0.15) is 5.82 Å². The maximum Gasteiger partial charge on any atom is 0.137 e. The molecule has 104 valence electrons. The Hall–Kier alpha value is -0.160. The second-order valence-corrected chi connectivity index (χ2v) is 5.50. The van der Waals surface area contributed by atoms with E-state index in [4.69, 9.17) is 5.73 Å². The van der Waals surface area contributed by atoms with E-state index in [1.807, 2.05) is 0 Å². The molecule has 0 aliphatic rings. The Morgan fingerprint density at radius 2 is 1.94 bits per heavy atom. The second-order valence-electron chi connectivity index (χ2n) is 4.71. The Labute approximate surface area is 122 Å². The smallest absolute Gasteiger partial charge is 0.137 e. The summed E-state index contributed by atoms with van der Waals surface area (Å²) in [6.45, 7) is 4.19. The molecule has 0 aliphatic carbocycles. The van der Waals surface area contributed by atoms with Gasteiger partial charge in [-0.3, -0.25) is 0 Å². The molecule has 0 fully saturated rings. The molecule has 1 aromatic carbocycles. The van der Waals surface area contributed by atoms with Crippen LogP contribution in [0.4, 0.5) is 4.39 Å². The monoisotopic (exact) mass is 339 g/mol. The molecular formula is C13H20BrClFNO. The van der Waals surface area contributed by atoms with E-state index in [0.29, 0.717) is 22.4 Å². The van der Waals surface area contributed by atoms with Gasteiger partial charge in [-0.2, -0.15) is 0 Å². The van der Waals surface area contributed by atoms with Crippen LogP contribution in [0.5, 0.6) is 0 Å². The number of benzene rings is 1. The fraction of sp³-hybridized carbons (Fsp3) is 0.538. The SMILES string of the molecule is CC(C)CC[C@@H](O)[C@@H](N)c1cccc(F)c1Br.Cl. The van der Waals surface area contributed by atoms with Crippen molar-refractivity contribution in [2.45, 2.75) is 38.8 Å². The first-order valence-corrected chi connectivity index (χ1v) is 6.60. The van der Waals surface area contributed by atoms with E-state index < -0.39 is 12.1 Å². The van der Waals surface area contributed by atoms with Gasteiger partial charge >= 0.3 is 0 Å². The molecule has 3 N–H and O–H groups in total. The summed E-state index contributed by atoms with van der Waals surface area (Å²) >= 11 is 3.16. The minimum atomic E-state index is -0.643. The van der Waals surface area contributed by atoms with Crippen molar-refractivity contribution in [3.8, 4) is 0 Å². The summed E-state index contributed by atoms with van der Waals surface area (Å²) in [6.07, 6.45) is 0.888. The Morgan fingerprint density at radius 1 is 1.33 bits per heavy atom. The zero-order valence-corrected chi connectivity index (χ0v) is 13.0. The molecule has 0 radical (unpaired) electrons. The van der Waals surface area contributed by atoms with E-state index in [9.17, 15) is 9.50 Å². The van der Waals surface area contributed by atoms with E-state index in [1.54, 1.807) is 12.1 Å². The number of nitrogens with two attached hydrogens (primary N) is 1. The fourth-order valence-electron chi connectivity index (χ4n) is 1.67. The van der Waals surface area contributed by atoms with Gasteiger partial charge in [0, 0.05) is 0 Å². The van der Waals surface area contributed by atoms with Crippen LogP contribution < -0.4 is 5.73 Å². The summed E-state index contributed by atoms with van der Waals surface area (Å²) in [5.74, 6) is 0.168. The van der Waals surface area contributed by atoms with E-state index in [0.717, 1.165) is 6.42 Å². The molecule has 5 heteroatoms. The molecule has 0 bridgehead atoms. The van der Waals surface area contributed by atoms with Crippen molar-refractivity contribution in [3.05, 3.63) is 34.1 Å². The van der Waals surface area contributed by atoms with Gasteiger partial charge in [-0.1, -0.05) is 26.0 Å². The summed E-state index contributed by atoms with van der Waals surface area (Å²) < 4.78 is 13.7. The summed E-state index contributed by atoms with van der Waals surface area (Å²) in [5, 5.41) is 9.97. The van der Waals surface area contributed by atoms with E-state index in [1.165, 1.54) is 6.07 Å². The Morgan fingerprint density at radius 3 is 2.50 bits per heavy atom. The van der Waals surface area contributed by atoms with Gasteiger partial charge in [-0.05, 0) is 46.3 Å². The first-order chi connectivity index (χ1) is 7.93. The number of halogens is 3. The third-order valence-corrected chi connectivity index (χ3v) is 3.63. The van der Waals surface area contributed by atoms with Crippen molar-refractivity contribution in [2.24, 2.45) is 11.7 Å². The maximum absolute atomic E-state index is 13.3. The molecule has 0 saturated carbocycles. The number of hydrogen-bond donors (Lipinski definition) is 2. The van der Waals surface area contributed by atoms with Crippen LogP contribution in [0.25, 0.3) is 0 Å². The van der Waals surface area contributed by atoms with Gasteiger partial charge in [0.2, 0.25) is 0 Å². The highest BCUT2D eigenvalue weighted by molar-refractivity contribution is 9.10. The first-order valence-electron chi connectivity index (χ1n) is 5.81. The maximum atomic E-state index is 13.3. The lowest BCUT2D eigenvalue weighted by Gasteiger charge is -2.21. The van der Waals surface area contributed by atoms with Crippen LogP contribution in [0.2, 0.25) is 0 Å². The van der Waals surface area contributed by atoms with Crippen LogP contribution in [0, 0.1) is 11.7 Å². The summed E-state index contributed by atoms with van der Waals surface area (Å²) in [5.41, 5.74) is 6.56. The topological polar surface area (TPSA) is 46.2 Å². The standard InChI is InChI=1S/C13H19BrFNO.ClH/c1-8(2)6-7-11(17)13(16)9-4-3-5-10(15)12(9)14;/h3-5,8,11,13,17H,6-7,16H2,1-2H3;1H/t11-,13+;/m1./s1. The highest BCUT2D eigenvalue weighted by Crippen LogP contribution is 2.28. The van der Waals surface area contributed by atoms with Gasteiger partial charge < -0.3 is 10.8 Å². The minimum absolute atomic E-state index is 0. The lowest BCUT2D eigenvalue weighted by Crippen LogP contribution is -2.27. The normalized spacial score (nSPS) is 14.2. The van der Waals surface area contributed by atoms with Crippen molar-refractivity contribution in [1.82, 2.24) is 0 Å². The Bertz CT molecular complexity index is 376. The van der Waals surface area contributed by atoms with Crippen molar-refractivity contribution in [3.63, 3.8) is 0 Å². The van der Waals surface area contributed by atoms with Crippen LogP contribution in [0.3, 0.4) is 0 Å². The first kappa shape index (κ1) is 17.8. The number of aliphatic hydroxyl groups is 1. The van der Waals surface area contributed by atoms with Crippen LogP contribution in [-0.2, 0) is 0 Å². The lowest BCUT2D eigenvalue weighted by molar-refractivity contribution is 0.128. The molecule has 0 saturated heterocycles. The van der Waals surface area contributed by atoms with Crippen molar-refractivity contribution < 1.29 is 9.50 Å². The van der Waals surface area contributed by atoms with Gasteiger partial charge in [0.05, 0.1) is 16.6 Å². The van der Waals surface area contributed by atoms with Gasteiger partial charge in [0.15, 0.2) is 0 Å². The molecule has 1 rings (SSSR count). The van der Waals surface area contributed by atoms with Crippen LogP contribution >= 0.6 is 28.3 Å². The molecule has 0 aliphatic heterocycles. The molecule has 2 atom stereocenters. The predicted molar refractivity (Wildman–Crippen MR) is 78.4 cm³/mol. The molecular weight excluding hydrogens is 321 g/mol. The van der Waals surface area contributed by atoms with Crippen LogP contribution in [0.15, 0.2) is 22.7 Å². The zero-order chi connectivity index (χ0) is 13.0. The molecule has 0 spiro atoms. The van der Waals surface area contributed by atoms with Crippen LogP contribution in [-0.4, -0.2) is 11.2 Å². The molecule has 0 amide bonds. The number of aliphatic hydroxyl groups excluding tert-OH is 1. The van der Waals surface area contributed by atoms with E-state index >= 15 is 0 Å². The molecule has 0 unspecified atom stereocenters. The largest absolute Gasteiger partial charge is 0.391 e. The summed E-state index contributed by atoms with van der Waals surface area (Å²) in [7, 11) is 0. The molecule has 2 nitrogen and oxygen atoms in total. The highest BCUT2D eigenvalue weighted by Gasteiger charge is 2.20. The minimum Gasteiger partial charge on any atom is -0.391 e. The second kappa shape index (κ2) is 8.10. The average Bonchev–Trinajstić information content (AvgIpc) is 2.28. The molecule has 18 heavy (non-hydrogen) atoms. The van der Waals surface area contributed by atoms with Crippen molar-refractivity contribution >= 4 is 28.3 Å². The van der Waals surface area contributed by atoms with E-state index in [2.05, 4.69) is 29.8 Å². The number of hydrogen-bond acceptors (Lipinski definition) is 2. The third-order valence-electron chi connectivity index (χ3n) is 2.79. The van der Waals surface area contributed by atoms with Crippen LogP contribution in [0.1, 0.15) is 38.3 Å². The lowest BCUT2D eigenvalue weighted by atomic mass is 9.96. The van der Waals surface area contributed by atoms with Gasteiger partial charge in [-0.25, -0.2) is 4.39 Å².